The minimum atomic E-state index is -3.48. The zero-order chi connectivity index (χ0) is 22.4. The molecule has 1 amide bonds. The van der Waals surface area contributed by atoms with Gasteiger partial charge in [-0.1, -0.05) is 24.3 Å². The van der Waals surface area contributed by atoms with Gasteiger partial charge in [-0.15, -0.1) is 0 Å². The highest BCUT2D eigenvalue weighted by atomic mass is 32.2. The predicted octanol–water partition coefficient (Wildman–Crippen LogP) is 3.43. The van der Waals surface area contributed by atoms with Gasteiger partial charge in [0, 0.05) is 23.5 Å². The van der Waals surface area contributed by atoms with E-state index in [-0.39, 0.29) is 12.5 Å². The van der Waals surface area contributed by atoms with Crippen molar-refractivity contribution in [2.75, 3.05) is 10.6 Å². The van der Waals surface area contributed by atoms with E-state index in [0.717, 1.165) is 22.3 Å². The fourth-order valence-corrected chi connectivity index (χ4v) is 3.77. The topological polar surface area (TPSA) is 91.7 Å². The van der Waals surface area contributed by atoms with Crippen molar-refractivity contribution in [2.24, 2.45) is 5.10 Å². The van der Waals surface area contributed by atoms with Crippen LogP contribution in [0, 0.1) is 13.8 Å². The zero-order valence-corrected chi connectivity index (χ0v) is 18.4. The molecule has 1 N–H and O–H groups in total. The summed E-state index contributed by atoms with van der Waals surface area (Å²) < 4.78 is 26.1. The molecule has 3 rings (SSSR count). The maximum absolute atomic E-state index is 12.4. The summed E-state index contributed by atoms with van der Waals surface area (Å²) in [5, 5.41) is 3.92. The van der Waals surface area contributed by atoms with E-state index in [1.165, 1.54) is 16.8 Å². The number of aromatic nitrogens is 1. The van der Waals surface area contributed by atoms with E-state index < -0.39 is 10.0 Å². The number of hydrogen-bond acceptors (Lipinski definition) is 5. The van der Waals surface area contributed by atoms with Crippen LogP contribution in [0.2, 0.25) is 0 Å². The van der Waals surface area contributed by atoms with Crippen LogP contribution in [0.1, 0.15) is 32.6 Å². The fraction of sp³-hybridized carbons (Fsp3) is 0.174. The van der Waals surface area contributed by atoms with E-state index in [0.29, 0.717) is 11.3 Å². The first-order valence-corrected chi connectivity index (χ1v) is 11.5. The van der Waals surface area contributed by atoms with Crippen molar-refractivity contribution >= 4 is 27.8 Å². The Hall–Kier alpha value is -3.52. The van der Waals surface area contributed by atoms with Crippen LogP contribution in [-0.2, 0) is 16.6 Å². The van der Waals surface area contributed by atoms with Gasteiger partial charge in [0.25, 0.3) is 5.91 Å². The largest absolute Gasteiger partial charge is 0.271 e. The van der Waals surface area contributed by atoms with Crippen LogP contribution in [0.15, 0.2) is 72.1 Å². The number of rotatable bonds is 7. The maximum atomic E-state index is 12.4. The molecular formula is C23H24N4O3S. The SMILES string of the molecule is Cc1ccc(N(Cc2ccc(C(=O)N/N=C\c3cccnc3)cc2)S(C)(=O)=O)cc1C. The molecule has 0 unspecified atom stereocenters. The highest BCUT2D eigenvalue weighted by Gasteiger charge is 2.18. The van der Waals surface area contributed by atoms with Gasteiger partial charge < -0.3 is 0 Å². The van der Waals surface area contributed by atoms with Crippen LogP contribution < -0.4 is 9.73 Å². The number of amides is 1. The molecule has 1 heterocycles. The third-order valence-electron chi connectivity index (χ3n) is 4.79. The van der Waals surface area contributed by atoms with Gasteiger partial charge in [0.1, 0.15) is 0 Å². The molecule has 0 radical (unpaired) electrons. The van der Waals surface area contributed by atoms with Crippen LogP contribution in [0.25, 0.3) is 0 Å². The molecule has 7 nitrogen and oxygen atoms in total. The molecule has 160 valence electrons. The lowest BCUT2D eigenvalue weighted by Crippen LogP contribution is -2.29. The Balaban J connectivity index is 1.71. The Morgan fingerprint density at radius 1 is 1.10 bits per heavy atom. The van der Waals surface area contributed by atoms with Crippen LogP contribution in [0.4, 0.5) is 5.69 Å². The number of aryl methyl sites for hydroxylation is 2. The lowest BCUT2D eigenvalue weighted by Gasteiger charge is -2.23. The third-order valence-corrected chi connectivity index (χ3v) is 5.93. The summed E-state index contributed by atoms with van der Waals surface area (Å²) in [5.41, 5.74) is 7.14. The van der Waals surface area contributed by atoms with Crippen molar-refractivity contribution in [3.8, 4) is 0 Å². The first kappa shape index (κ1) is 22.2. The van der Waals surface area contributed by atoms with Gasteiger partial charge >= 0.3 is 0 Å². The first-order valence-electron chi connectivity index (χ1n) is 9.61. The molecule has 0 saturated carbocycles. The molecule has 0 aliphatic rings. The minimum absolute atomic E-state index is 0.169. The highest BCUT2D eigenvalue weighted by Crippen LogP contribution is 2.23. The number of nitrogens with one attached hydrogen (secondary N) is 1. The molecule has 1 aromatic heterocycles. The molecule has 2 aromatic carbocycles. The lowest BCUT2D eigenvalue weighted by atomic mass is 10.1. The number of nitrogens with zero attached hydrogens (tertiary/aromatic N) is 3. The molecule has 0 aliphatic carbocycles. The normalized spacial score (nSPS) is 11.5. The Morgan fingerprint density at radius 3 is 2.45 bits per heavy atom. The third kappa shape index (κ3) is 5.99. The summed E-state index contributed by atoms with van der Waals surface area (Å²) in [5.74, 6) is -0.360. The van der Waals surface area contributed by atoms with Crippen LogP contribution in [-0.4, -0.2) is 31.8 Å². The predicted molar refractivity (Wildman–Crippen MR) is 123 cm³/mol. The van der Waals surface area contributed by atoms with Crippen molar-refractivity contribution in [1.29, 1.82) is 0 Å². The summed E-state index contributed by atoms with van der Waals surface area (Å²) in [4.78, 5) is 16.2. The van der Waals surface area contributed by atoms with Crippen LogP contribution in [0.3, 0.4) is 0 Å². The number of anilines is 1. The average molecular weight is 437 g/mol. The van der Waals surface area contributed by atoms with E-state index in [2.05, 4.69) is 15.5 Å². The van der Waals surface area contributed by atoms with Gasteiger partial charge in [-0.3, -0.25) is 14.1 Å². The van der Waals surface area contributed by atoms with Gasteiger partial charge in [0.05, 0.1) is 24.7 Å². The van der Waals surface area contributed by atoms with Crippen molar-refractivity contribution < 1.29 is 13.2 Å². The standard InChI is InChI=1S/C23H24N4O3S/c1-17-6-11-22(13-18(17)2)27(31(3,29)30)16-19-7-9-21(10-8-19)23(28)26-25-15-20-5-4-12-24-14-20/h4-15H,16H2,1-3H3,(H,26,28)/b25-15-. The maximum Gasteiger partial charge on any atom is 0.271 e. The number of hydrazone groups is 1. The van der Waals surface area contributed by atoms with Crippen molar-refractivity contribution in [3.63, 3.8) is 0 Å². The zero-order valence-electron chi connectivity index (χ0n) is 17.6. The molecule has 0 fully saturated rings. The Labute approximate surface area is 182 Å². The molecule has 0 atom stereocenters. The monoisotopic (exact) mass is 436 g/mol. The van der Waals surface area contributed by atoms with Gasteiger partial charge in [-0.05, 0) is 60.9 Å². The Kier molecular flexibility index (Phi) is 6.81. The average Bonchev–Trinajstić information content (AvgIpc) is 2.74. The summed E-state index contributed by atoms with van der Waals surface area (Å²) in [6.07, 6.45) is 5.98. The van der Waals surface area contributed by atoms with Gasteiger partial charge in [0.2, 0.25) is 10.0 Å². The van der Waals surface area contributed by atoms with Gasteiger partial charge in [-0.25, -0.2) is 13.8 Å². The Morgan fingerprint density at radius 2 is 1.84 bits per heavy atom. The second-order valence-corrected chi connectivity index (χ2v) is 9.13. The Bertz CT molecular complexity index is 1190. The second kappa shape index (κ2) is 9.53. The second-order valence-electron chi connectivity index (χ2n) is 7.22. The van der Waals surface area contributed by atoms with E-state index in [1.807, 2.05) is 32.0 Å². The molecule has 31 heavy (non-hydrogen) atoms. The summed E-state index contributed by atoms with van der Waals surface area (Å²) in [7, 11) is -3.48. The molecule has 0 bridgehead atoms. The van der Waals surface area contributed by atoms with E-state index in [9.17, 15) is 13.2 Å². The molecule has 0 aliphatic heterocycles. The number of sulfonamides is 1. The van der Waals surface area contributed by atoms with Crippen LogP contribution in [0.5, 0.6) is 0 Å². The first-order chi connectivity index (χ1) is 14.7. The smallest absolute Gasteiger partial charge is 0.267 e. The van der Waals surface area contributed by atoms with Crippen LogP contribution >= 0.6 is 0 Å². The lowest BCUT2D eigenvalue weighted by molar-refractivity contribution is 0.0955. The fourth-order valence-electron chi connectivity index (χ4n) is 2.89. The quantitative estimate of drug-likeness (QED) is 0.454. The van der Waals surface area contributed by atoms with Crippen molar-refractivity contribution in [2.45, 2.75) is 20.4 Å². The molecule has 3 aromatic rings. The highest BCUT2D eigenvalue weighted by molar-refractivity contribution is 7.92. The molecule has 8 heteroatoms. The number of carbonyl (C=O) groups is 1. The van der Waals surface area contributed by atoms with E-state index in [4.69, 9.17) is 0 Å². The summed E-state index contributed by atoms with van der Waals surface area (Å²) in [6.45, 7) is 4.10. The van der Waals surface area contributed by atoms with E-state index in [1.54, 1.807) is 48.8 Å². The van der Waals surface area contributed by atoms with Gasteiger partial charge in [-0.2, -0.15) is 5.10 Å². The van der Waals surface area contributed by atoms with E-state index >= 15 is 0 Å². The molecule has 0 saturated heterocycles. The number of pyridine rings is 1. The summed E-state index contributed by atoms with van der Waals surface area (Å²) >= 11 is 0. The molecule has 0 spiro atoms. The minimum Gasteiger partial charge on any atom is -0.267 e. The molecular weight excluding hydrogens is 412 g/mol. The summed E-state index contributed by atoms with van der Waals surface area (Å²) in [6, 6.07) is 15.9. The number of carbonyl (C=O) groups excluding carboxylic acids is 1. The van der Waals surface area contributed by atoms with Crippen molar-refractivity contribution in [1.82, 2.24) is 10.4 Å². The number of benzene rings is 2. The number of hydrogen-bond donors (Lipinski definition) is 1. The van der Waals surface area contributed by atoms with Crippen molar-refractivity contribution in [3.05, 3.63) is 94.8 Å². The van der Waals surface area contributed by atoms with Gasteiger partial charge in [0.15, 0.2) is 0 Å².